The summed E-state index contributed by atoms with van der Waals surface area (Å²) in [5.74, 6) is 1.92. The van der Waals surface area contributed by atoms with Crippen LogP contribution in [0.1, 0.15) is 48.1 Å². The second kappa shape index (κ2) is 8.52. The van der Waals surface area contributed by atoms with Gasteiger partial charge in [-0.05, 0) is 44.4 Å². The maximum atomic E-state index is 12.7. The van der Waals surface area contributed by atoms with E-state index < -0.39 is 0 Å². The summed E-state index contributed by atoms with van der Waals surface area (Å²) in [6.45, 7) is 4.60. The van der Waals surface area contributed by atoms with Gasteiger partial charge in [0.2, 0.25) is 11.0 Å². The van der Waals surface area contributed by atoms with E-state index in [4.69, 9.17) is 4.42 Å². The zero-order valence-corrected chi connectivity index (χ0v) is 17.1. The maximum absolute atomic E-state index is 12.7. The third-order valence-corrected chi connectivity index (χ3v) is 5.66. The van der Waals surface area contributed by atoms with Crippen molar-refractivity contribution in [3.05, 3.63) is 52.8 Å². The number of likely N-dealkylation sites (tertiary alicyclic amines) is 1. The van der Waals surface area contributed by atoms with Gasteiger partial charge in [-0.1, -0.05) is 18.3 Å². The average molecular weight is 411 g/mol. The number of anilines is 2. The van der Waals surface area contributed by atoms with Crippen molar-refractivity contribution in [3.63, 3.8) is 0 Å². The summed E-state index contributed by atoms with van der Waals surface area (Å²) in [5.41, 5.74) is 0.831. The molecule has 4 rings (SSSR count). The Labute approximate surface area is 172 Å². The summed E-state index contributed by atoms with van der Waals surface area (Å²) in [5, 5.41) is 13.2. The first-order chi connectivity index (χ1) is 14.1. The molecule has 0 saturated carbocycles. The van der Waals surface area contributed by atoms with Crippen molar-refractivity contribution in [2.75, 3.05) is 11.9 Å². The lowest BCUT2D eigenvalue weighted by molar-refractivity contribution is -0.126. The highest BCUT2D eigenvalue weighted by atomic mass is 32.1. The second-order valence-corrected chi connectivity index (χ2v) is 7.81. The van der Waals surface area contributed by atoms with Gasteiger partial charge in [-0.3, -0.25) is 4.79 Å². The van der Waals surface area contributed by atoms with Crippen LogP contribution in [0.4, 0.5) is 10.9 Å². The van der Waals surface area contributed by atoms with Gasteiger partial charge in [0.1, 0.15) is 22.4 Å². The molecule has 1 aliphatic heterocycles. The van der Waals surface area contributed by atoms with E-state index in [-0.39, 0.29) is 11.9 Å². The zero-order valence-electron chi connectivity index (χ0n) is 16.3. The molecule has 9 heteroatoms. The molecule has 1 N–H and O–H groups in total. The number of furan rings is 1. The Bertz CT molecular complexity index is 1010. The molecule has 3 aromatic rings. The molecule has 0 aromatic carbocycles. The molecular weight excluding hydrogens is 388 g/mol. The van der Waals surface area contributed by atoms with Gasteiger partial charge in [0.25, 0.3) is 0 Å². The van der Waals surface area contributed by atoms with E-state index >= 15 is 0 Å². The van der Waals surface area contributed by atoms with Crippen molar-refractivity contribution < 1.29 is 9.21 Å². The van der Waals surface area contributed by atoms with Gasteiger partial charge in [0.15, 0.2) is 0 Å². The SMILES string of the molecule is CCc1nnc(Nc2cc(C3CCCN3C(=O)/C=C/c3ccco3)nc(C)n2)s1. The van der Waals surface area contributed by atoms with Gasteiger partial charge in [0, 0.05) is 18.7 Å². The lowest BCUT2D eigenvalue weighted by atomic mass is 10.1. The summed E-state index contributed by atoms with van der Waals surface area (Å²) in [7, 11) is 0. The van der Waals surface area contributed by atoms with Gasteiger partial charge in [0.05, 0.1) is 18.0 Å². The number of carbonyl (C=O) groups is 1. The van der Waals surface area contributed by atoms with Crippen molar-refractivity contribution >= 4 is 34.3 Å². The zero-order chi connectivity index (χ0) is 20.2. The van der Waals surface area contributed by atoms with E-state index in [9.17, 15) is 4.79 Å². The second-order valence-electron chi connectivity index (χ2n) is 6.74. The Morgan fingerprint density at radius 2 is 2.31 bits per heavy atom. The topological polar surface area (TPSA) is 97.0 Å². The van der Waals surface area contributed by atoms with E-state index in [1.54, 1.807) is 24.5 Å². The van der Waals surface area contributed by atoms with Crippen molar-refractivity contribution in [1.82, 2.24) is 25.1 Å². The maximum Gasteiger partial charge on any atom is 0.247 e. The summed E-state index contributed by atoms with van der Waals surface area (Å²) in [6, 6.07) is 5.43. The molecule has 1 saturated heterocycles. The minimum absolute atomic E-state index is 0.0496. The van der Waals surface area contributed by atoms with E-state index in [0.29, 0.717) is 29.1 Å². The van der Waals surface area contributed by atoms with Crippen LogP contribution < -0.4 is 5.32 Å². The number of rotatable bonds is 6. The molecule has 150 valence electrons. The van der Waals surface area contributed by atoms with Gasteiger partial charge < -0.3 is 14.6 Å². The van der Waals surface area contributed by atoms with Gasteiger partial charge in [-0.15, -0.1) is 10.2 Å². The fourth-order valence-electron chi connectivity index (χ4n) is 3.36. The van der Waals surface area contributed by atoms with Crippen molar-refractivity contribution in [2.45, 2.75) is 39.2 Å². The fourth-order valence-corrected chi connectivity index (χ4v) is 4.04. The van der Waals surface area contributed by atoms with Crippen LogP contribution in [-0.4, -0.2) is 37.5 Å². The molecule has 0 spiro atoms. The van der Waals surface area contributed by atoms with Crippen LogP contribution in [0.3, 0.4) is 0 Å². The molecule has 0 aliphatic carbocycles. The quantitative estimate of drug-likeness (QED) is 0.615. The molecule has 1 aliphatic rings. The molecule has 4 heterocycles. The Hall–Kier alpha value is -3.07. The number of amides is 1. The predicted octanol–water partition coefficient (Wildman–Crippen LogP) is 3.91. The van der Waals surface area contributed by atoms with Crippen LogP contribution in [0.5, 0.6) is 0 Å². The van der Waals surface area contributed by atoms with E-state index in [1.165, 1.54) is 11.3 Å². The third kappa shape index (κ3) is 4.51. The summed E-state index contributed by atoms with van der Waals surface area (Å²) < 4.78 is 5.26. The van der Waals surface area contributed by atoms with Crippen LogP contribution in [0.2, 0.25) is 0 Å². The molecule has 3 aromatic heterocycles. The highest BCUT2D eigenvalue weighted by Gasteiger charge is 2.30. The van der Waals surface area contributed by atoms with Crippen LogP contribution >= 0.6 is 11.3 Å². The van der Waals surface area contributed by atoms with Crippen molar-refractivity contribution in [3.8, 4) is 0 Å². The first-order valence-electron chi connectivity index (χ1n) is 9.59. The van der Waals surface area contributed by atoms with Crippen molar-refractivity contribution in [1.29, 1.82) is 0 Å². The average Bonchev–Trinajstić information content (AvgIpc) is 3.46. The number of hydrogen-bond acceptors (Lipinski definition) is 8. The van der Waals surface area contributed by atoms with E-state index in [2.05, 4.69) is 25.5 Å². The molecule has 8 nitrogen and oxygen atoms in total. The minimum atomic E-state index is -0.0772. The van der Waals surface area contributed by atoms with Gasteiger partial charge >= 0.3 is 0 Å². The van der Waals surface area contributed by atoms with Crippen LogP contribution in [-0.2, 0) is 11.2 Å². The fraction of sp³-hybridized carbons (Fsp3) is 0.350. The highest BCUT2D eigenvalue weighted by molar-refractivity contribution is 7.15. The third-order valence-electron chi connectivity index (χ3n) is 4.67. The monoisotopic (exact) mass is 410 g/mol. The van der Waals surface area contributed by atoms with Crippen LogP contribution in [0.15, 0.2) is 35.0 Å². The number of nitrogens with one attached hydrogen (secondary N) is 1. The standard InChI is InChI=1S/C20H22N6O2S/c1-3-18-24-25-20(29-18)23-17-12-15(21-13(2)22-17)16-7-4-10-26(16)19(27)9-8-14-6-5-11-28-14/h5-6,8-9,11-12,16H,3-4,7,10H2,1-2H3,(H,21,22,23,25)/b9-8+. The first kappa shape index (κ1) is 19.3. The number of aryl methyl sites for hydroxylation is 2. The Balaban J connectivity index is 1.53. The number of hydrogen-bond donors (Lipinski definition) is 1. The normalized spacial score (nSPS) is 16.6. The number of aromatic nitrogens is 4. The van der Waals surface area contributed by atoms with E-state index in [0.717, 1.165) is 30.0 Å². The minimum Gasteiger partial charge on any atom is -0.465 e. The molecule has 29 heavy (non-hydrogen) atoms. The lowest BCUT2D eigenvalue weighted by Gasteiger charge is -2.23. The largest absolute Gasteiger partial charge is 0.465 e. The Kier molecular flexibility index (Phi) is 5.66. The Morgan fingerprint density at radius 1 is 1.41 bits per heavy atom. The number of carbonyl (C=O) groups excluding carboxylic acids is 1. The molecule has 0 bridgehead atoms. The summed E-state index contributed by atoms with van der Waals surface area (Å²) in [4.78, 5) is 23.7. The molecule has 1 fully saturated rings. The first-order valence-corrected chi connectivity index (χ1v) is 10.4. The van der Waals surface area contributed by atoms with Crippen LogP contribution in [0, 0.1) is 6.92 Å². The van der Waals surface area contributed by atoms with E-state index in [1.807, 2.05) is 30.9 Å². The summed E-state index contributed by atoms with van der Waals surface area (Å²) in [6.07, 6.45) is 7.48. The Morgan fingerprint density at radius 3 is 3.07 bits per heavy atom. The highest BCUT2D eigenvalue weighted by Crippen LogP contribution is 2.32. The predicted molar refractivity (Wildman–Crippen MR) is 111 cm³/mol. The van der Waals surface area contributed by atoms with Gasteiger partial charge in [-0.2, -0.15) is 0 Å². The molecule has 1 atom stereocenters. The smallest absolute Gasteiger partial charge is 0.247 e. The molecule has 1 amide bonds. The number of nitrogens with zero attached hydrogens (tertiary/aromatic N) is 5. The van der Waals surface area contributed by atoms with Crippen LogP contribution in [0.25, 0.3) is 6.08 Å². The molecular formula is C20H22N6O2S. The molecule has 0 radical (unpaired) electrons. The summed E-state index contributed by atoms with van der Waals surface area (Å²) >= 11 is 1.51. The molecule has 1 unspecified atom stereocenters. The van der Waals surface area contributed by atoms with Crippen molar-refractivity contribution in [2.24, 2.45) is 0 Å². The van der Waals surface area contributed by atoms with Gasteiger partial charge in [-0.25, -0.2) is 9.97 Å². The lowest BCUT2D eigenvalue weighted by Crippen LogP contribution is -2.29.